The van der Waals surface area contributed by atoms with Gasteiger partial charge in [-0.05, 0) is 24.6 Å². The Morgan fingerprint density at radius 1 is 1.63 bits per heavy atom. The summed E-state index contributed by atoms with van der Waals surface area (Å²) in [5.41, 5.74) is 5.71. The Hall–Kier alpha value is -1.52. The van der Waals surface area contributed by atoms with Gasteiger partial charge in [0.2, 0.25) is 5.91 Å². The molecule has 5 heteroatoms. The molecule has 0 spiro atoms. The predicted molar refractivity (Wildman–Crippen MR) is 77.4 cm³/mol. The Balaban J connectivity index is 2.36. The highest BCUT2D eigenvalue weighted by Crippen LogP contribution is 2.16. The topological polar surface area (TPSA) is 55.6 Å². The van der Waals surface area contributed by atoms with Crippen molar-refractivity contribution in [2.45, 2.75) is 12.5 Å². The molecular formula is C14H19ClN2O2. The largest absolute Gasteiger partial charge is 0.492 e. The van der Waals surface area contributed by atoms with Crippen LogP contribution in [0.3, 0.4) is 0 Å². The van der Waals surface area contributed by atoms with Crippen LogP contribution in [0.15, 0.2) is 36.9 Å². The average Bonchev–Trinajstić information content (AvgIpc) is 2.38. The monoisotopic (exact) mass is 282 g/mol. The third-order valence-electron chi connectivity index (χ3n) is 2.61. The van der Waals surface area contributed by atoms with Crippen LogP contribution >= 0.6 is 11.6 Å². The van der Waals surface area contributed by atoms with Crippen LogP contribution in [-0.2, 0) is 4.79 Å². The molecule has 0 heterocycles. The van der Waals surface area contributed by atoms with Gasteiger partial charge in [-0.2, -0.15) is 0 Å². The number of carbonyl (C=O) groups is 1. The summed E-state index contributed by atoms with van der Waals surface area (Å²) in [6, 6.07) is 6.60. The number of carbonyl (C=O) groups excluding carboxylic acids is 1. The van der Waals surface area contributed by atoms with Gasteiger partial charge in [-0.25, -0.2) is 0 Å². The first-order valence-electron chi connectivity index (χ1n) is 6.04. The first-order chi connectivity index (χ1) is 9.04. The molecule has 4 nitrogen and oxygen atoms in total. The molecule has 1 unspecified atom stereocenters. The summed E-state index contributed by atoms with van der Waals surface area (Å²) in [6.07, 6.45) is 2.11. The lowest BCUT2D eigenvalue weighted by Gasteiger charge is -2.20. The van der Waals surface area contributed by atoms with E-state index in [1.807, 2.05) is 12.1 Å². The van der Waals surface area contributed by atoms with Crippen molar-refractivity contribution in [3.8, 4) is 5.75 Å². The summed E-state index contributed by atoms with van der Waals surface area (Å²) < 4.78 is 5.51. The highest BCUT2D eigenvalue weighted by molar-refractivity contribution is 6.30. The van der Waals surface area contributed by atoms with Gasteiger partial charge in [0, 0.05) is 12.1 Å². The number of nitrogens with two attached hydrogens (primary N) is 1. The number of benzene rings is 1. The maximum absolute atomic E-state index is 11.8. The molecule has 0 saturated carbocycles. The van der Waals surface area contributed by atoms with E-state index in [1.165, 1.54) is 0 Å². The highest BCUT2D eigenvalue weighted by atomic mass is 35.5. The van der Waals surface area contributed by atoms with Crippen LogP contribution in [0, 0.1) is 0 Å². The van der Waals surface area contributed by atoms with Crippen molar-refractivity contribution in [1.29, 1.82) is 0 Å². The van der Waals surface area contributed by atoms with Gasteiger partial charge in [-0.1, -0.05) is 23.7 Å². The van der Waals surface area contributed by atoms with E-state index in [-0.39, 0.29) is 5.91 Å². The maximum atomic E-state index is 11.8. The van der Waals surface area contributed by atoms with Crippen LogP contribution in [0.1, 0.15) is 6.42 Å². The molecule has 1 aromatic carbocycles. The molecule has 0 bridgehead atoms. The van der Waals surface area contributed by atoms with Crippen molar-refractivity contribution < 1.29 is 9.53 Å². The number of nitrogens with zero attached hydrogens (tertiary/aromatic N) is 1. The lowest BCUT2D eigenvalue weighted by Crippen LogP contribution is -2.42. The fourth-order valence-electron chi connectivity index (χ4n) is 1.53. The number of rotatable bonds is 7. The van der Waals surface area contributed by atoms with Gasteiger partial charge in [-0.3, -0.25) is 4.79 Å². The third-order valence-corrected chi connectivity index (χ3v) is 2.84. The first-order valence-corrected chi connectivity index (χ1v) is 6.42. The fraction of sp³-hybridized carbons (Fsp3) is 0.357. The van der Waals surface area contributed by atoms with Crippen molar-refractivity contribution in [3.63, 3.8) is 0 Å². The minimum Gasteiger partial charge on any atom is -0.492 e. The summed E-state index contributed by atoms with van der Waals surface area (Å²) in [5, 5.41) is 0.620. The van der Waals surface area contributed by atoms with E-state index in [9.17, 15) is 4.79 Å². The standard InChI is InChI=1S/C14H19ClN2O2/c1-3-5-13(16)14(18)17(2)8-9-19-12-7-4-6-11(15)10-12/h3-4,6-7,10,13H,1,5,8-9,16H2,2H3. The van der Waals surface area contributed by atoms with Crippen LogP contribution < -0.4 is 10.5 Å². The number of halogens is 1. The molecule has 0 aliphatic rings. The molecule has 2 N–H and O–H groups in total. The molecule has 0 radical (unpaired) electrons. The summed E-state index contributed by atoms with van der Waals surface area (Å²) >= 11 is 5.84. The van der Waals surface area contributed by atoms with Crippen molar-refractivity contribution >= 4 is 17.5 Å². The minimum atomic E-state index is -0.534. The molecule has 0 aliphatic carbocycles. The van der Waals surface area contributed by atoms with E-state index in [1.54, 1.807) is 30.2 Å². The van der Waals surface area contributed by atoms with E-state index in [0.717, 1.165) is 0 Å². The second-order valence-electron chi connectivity index (χ2n) is 4.20. The summed E-state index contributed by atoms with van der Waals surface area (Å²) in [6.45, 7) is 4.43. The molecule has 0 aromatic heterocycles. The molecule has 1 rings (SSSR count). The molecule has 1 atom stereocenters. The zero-order valence-corrected chi connectivity index (χ0v) is 11.8. The second kappa shape index (κ2) is 7.81. The van der Waals surface area contributed by atoms with Gasteiger partial charge in [0.15, 0.2) is 0 Å². The molecule has 104 valence electrons. The molecule has 1 amide bonds. The third kappa shape index (κ3) is 5.32. The average molecular weight is 283 g/mol. The van der Waals surface area contributed by atoms with Crippen molar-refractivity contribution in [2.75, 3.05) is 20.2 Å². The number of hydrogen-bond donors (Lipinski definition) is 1. The van der Waals surface area contributed by atoms with Gasteiger partial charge >= 0.3 is 0 Å². The van der Waals surface area contributed by atoms with Gasteiger partial charge in [0.05, 0.1) is 12.6 Å². The quantitative estimate of drug-likeness (QED) is 0.779. The van der Waals surface area contributed by atoms with Crippen LogP contribution in [0.5, 0.6) is 5.75 Å². The zero-order chi connectivity index (χ0) is 14.3. The van der Waals surface area contributed by atoms with Crippen LogP contribution in [0.4, 0.5) is 0 Å². The summed E-state index contributed by atoms with van der Waals surface area (Å²) in [4.78, 5) is 13.4. The second-order valence-corrected chi connectivity index (χ2v) is 4.63. The van der Waals surface area contributed by atoms with Gasteiger partial charge in [-0.15, -0.1) is 6.58 Å². The first kappa shape index (κ1) is 15.5. The van der Waals surface area contributed by atoms with Gasteiger partial charge in [0.1, 0.15) is 12.4 Å². The predicted octanol–water partition coefficient (Wildman–Crippen LogP) is 2.08. The molecule has 0 aliphatic heterocycles. The smallest absolute Gasteiger partial charge is 0.239 e. The molecule has 1 aromatic rings. The number of ether oxygens (including phenoxy) is 1. The Kier molecular flexibility index (Phi) is 6.39. The summed E-state index contributed by atoms with van der Waals surface area (Å²) in [5.74, 6) is 0.568. The van der Waals surface area contributed by atoms with E-state index in [0.29, 0.717) is 30.3 Å². The number of hydrogen-bond acceptors (Lipinski definition) is 3. The molecule has 0 fully saturated rings. The van der Waals surface area contributed by atoms with E-state index >= 15 is 0 Å². The maximum Gasteiger partial charge on any atom is 0.239 e. The van der Waals surface area contributed by atoms with Gasteiger partial charge in [0.25, 0.3) is 0 Å². The Bertz CT molecular complexity index is 437. The van der Waals surface area contributed by atoms with Crippen molar-refractivity contribution in [3.05, 3.63) is 41.9 Å². The van der Waals surface area contributed by atoms with E-state index in [2.05, 4.69) is 6.58 Å². The van der Waals surface area contributed by atoms with Gasteiger partial charge < -0.3 is 15.4 Å². The zero-order valence-electron chi connectivity index (χ0n) is 11.0. The SMILES string of the molecule is C=CCC(N)C(=O)N(C)CCOc1cccc(Cl)c1. The normalized spacial score (nSPS) is 11.7. The Morgan fingerprint density at radius 3 is 3.00 bits per heavy atom. The number of likely N-dealkylation sites (N-methyl/N-ethyl adjacent to an activating group) is 1. The molecule has 0 saturated heterocycles. The Labute approximate surface area is 118 Å². The fourth-order valence-corrected chi connectivity index (χ4v) is 1.71. The van der Waals surface area contributed by atoms with E-state index in [4.69, 9.17) is 22.1 Å². The molecular weight excluding hydrogens is 264 g/mol. The van der Waals surface area contributed by atoms with E-state index < -0.39 is 6.04 Å². The lowest BCUT2D eigenvalue weighted by molar-refractivity contribution is -0.131. The van der Waals surface area contributed by atoms with Crippen LogP contribution in [0.2, 0.25) is 5.02 Å². The number of amides is 1. The lowest BCUT2D eigenvalue weighted by atomic mass is 10.2. The highest BCUT2D eigenvalue weighted by Gasteiger charge is 2.16. The summed E-state index contributed by atoms with van der Waals surface area (Å²) in [7, 11) is 1.70. The molecule has 19 heavy (non-hydrogen) atoms. The van der Waals surface area contributed by atoms with Crippen molar-refractivity contribution in [1.82, 2.24) is 4.90 Å². The van der Waals surface area contributed by atoms with Crippen LogP contribution in [-0.4, -0.2) is 37.0 Å². The Morgan fingerprint density at radius 2 is 2.37 bits per heavy atom. The van der Waals surface area contributed by atoms with Crippen molar-refractivity contribution in [2.24, 2.45) is 5.73 Å². The van der Waals surface area contributed by atoms with Crippen LogP contribution in [0.25, 0.3) is 0 Å². The minimum absolute atomic E-state index is 0.116.